The van der Waals surface area contributed by atoms with E-state index >= 15 is 0 Å². The highest BCUT2D eigenvalue weighted by Gasteiger charge is 2.36. The van der Waals surface area contributed by atoms with E-state index in [-0.39, 0.29) is 18.6 Å². The average molecular weight is 481 g/mol. The molecule has 4 aliphatic rings. The summed E-state index contributed by atoms with van der Waals surface area (Å²) >= 11 is 0. The lowest BCUT2D eigenvalue weighted by atomic mass is 9.88. The van der Waals surface area contributed by atoms with Crippen LogP contribution in [-0.4, -0.2) is 66.1 Å². The second-order valence-corrected chi connectivity index (χ2v) is 10.3. The summed E-state index contributed by atoms with van der Waals surface area (Å²) in [5.41, 5.74) is 1.54. The SMILES string of the molecule is CN(c1nc(Nc2ccc3c(c2)OCC(=O)N3CC2CC2)ncc1F)[C@H]1CCCN2CCCC[C@H]12. The minimum atomic E-state index is -0.408. The van der Waals surface area contributed by atoms with E-state index < -0.39 is 5.82 Å². The van der Waals surface area contributed by atoms with Crippen LogP contribution in [0.2, 0.25) is 0 Å². The summed E-state index contributed by atoms with van der Waals surface area (Å²) in [7, 11) is 1.95. The molecule has 1 aliphatic carbocycles. The Balaban J connectivity index is 1.21. The van der Waals surface area contributed by atoms with E-state index in [1.807, 2.05) is 35.0 Å². The fourth-order valence-electron chi connectivity index (χ4n) is 5.87. The minimum absolute atomic E-state index is 0.00102. The first-order valence-corrected chi connectivity index (χ1v) is 12.9. The van der Waals surface area contributed by atoms with E-state index in [9.17, 15) is 9.18 Å². The molecule has 2 aromatic rings. The molecule has 1 N–H and O–H groups in total. The summed E-state index contributed by atoms with van der Waals surface area (Å²) in [5, 5.41) is 3.21. The van der Waals surface area contributed by atoms with Crippen molar-refractivity contribution in [2.24, 2.45) is 5.92 Å². The van der Waals surface area contributed by atoms with E-state index in [0.29, 0.717) is 29.5 Å². The molecule has 8 nitrogen and oxygen atoms in total. The predicted molar refractivity (Wildman–Crippen MR) is 133 cm³/mol. The molecule has 2 atom stereocenters. The molecule has 6 rings (SSSR count). The predicted octanol–water partition coefficient (Wildman–Crippen LogP) is 3.95. The van der Waals surface area contributed by atoms with Gasteiger partial charge in [-0.1, -0.05) is 6.42 Å². The van der Waals surface area contributed by atoms with Crippen LogP contribution in [0.1, 0.15) is 44.9 Å². The number of ether oxygens (including phenoxy) is 1. The Morgan fingerprint density at radius 3 is 2.89 bits per heavy atom. The summed E-state index contributed by atoms with van der Waals surface area (Å²) < 4.78 is 20.6. The van der Waals surface area contributed by atoms with Gasteiger partial charge in [0.1, 0.15) is 5.75 Å². The largest absolute Gasteiger partial charge is 0.481 e. The number of halogens is 1. The van der Waals surface area contributed by atoms with Gasteiger partial charge in [-0.3, -0.25) is 9.69 Å². The lowest BCUT2D eigenvalue weighted by Gasteiger charge is -2.47. The molecule has 4 heterocycles. The maximum Gasteiger partial charge on any atom is 0.265 e. The topological polar surface area (TPSA) is 73.8 Å². The van der Waals surface area contributed by atoms with E-state index in [1.54, 1.807) is 0 Å². The van der Waals surface area contributed by atoms with E-state index in [4.69, 9.17) is 4.74 Å². The maximum atomic E-state index is 14.9. The van der Waals surface area contributed by atoms with Crippen LogP contribution in [0.5, 0.6) is 5.75 Å². The number of benzene rings is 1. The van der Waals surface area contributed by atoms with Crippen molar-refractivity contribution in [1.82, 2.24) is 14.9 Å². The minimum Gasteiger partial charge on any atom is -0.481 e. The molecule has 0 spiro atoms. The highest BCUT2D eigenvalue weighted by molar-refractivity contribution is 5.98. The van der Waals surface area contributed by atoms with Crippen molar-refractivity contribution in [3.05, 3.63) is 30.2 Å². The Morgan fingerprint density at radius 2 is 2.03 bits per heavy atom. The molecule has 186 valence electrons. The van der Waals surface area contributed by atoms with Crippen molar-refractivity contribution in [2.75, 3.05) is 48.4 Å². The monoisotopic (exact) mass is 480 g/mol. The number of anilines is 4. The molecule has 1 aromatic carbocycles. The number of piperidine rings is 2. The van der Waals surface area contributed by atoms with Crippen LogP contribution < -0.4 is 19.9 Å². The average Bonchev–Trinajstić information content (AvgIpc) is 3.70. The molecule has 1 aromatic heterocycles. The van der Waals surface area contributed by atoms with Gasteiger partial charge in [0.2, 0.25) is 5.95 Å². The first-order chi connectivity index (χ1) is 17.1. The zero-order valence-corrected chi connectivity index (χ0v) is 20.3. The second-order valence-electron chi connectivity index (χ2n) is 10.3. The molecule has 0 radical (unpaired) electrons. The molecule has 0 unspecified atom stereocenters. The summed E-state index contributed by atoms with van der Waals surface area (Å²) in [5.74, 6) is 1.51. The number of hydrogen-bond acceptors (Lipinski definition) is 7. The number of hydrogen-bond donors (Lipinski definition) is 1. The molecule has 35 heavy (non-hydrogen) atoms. The molecule has 9 heteroatoms. The Morgan fingerprint density at radius 1 is 1.17 bits per heavy atom. The normalized spacial score (nSPS) is 24.4. The lowest BCUT2D eigenvalue weighted by Crippen LogP contribution is -2.56. The zero-order chi connectivity index (χ0) is 23.9. The molecular formula is C26H33FN6O2. The van der Waals surface area contributed by atoms with E-state index in [2.05, 4.69) is 20.2 Å². The van der Waals surface area contributed by atoms with Crippen LogP contribution in [0.3, 0.4) is 0 Å². The van der Waals surface area contributed by atoms with Crippen molar-refractivity contribution >= 4 is 29.0 Å². The number of fused-ring (bicyclic) bond motifs is 2. The van der Waals surface area contributed by atoms with Gasteiger partial charge in [0.05, 0.1) is 11.9 Å². The molecule has 0 bridgehead atoms. The Kier molecular flexibility index (Phi) is 5.96. The van der Waals surface area contributed by atoms with Gasteiger partial charge >= 0.3 is 0 Å². The number of carbonyl (C=O) groups is 1. The molecule has 1 saturated carbocycles. The smallest absolute Gasteiger partial charge is 0.265 e. The first-order valence-electron chi connectivity index (χ1n) is 12.9. The van der Waals surface area contributed by atoms with Crippen LogP contribution in [-0.2, 0) is 4.79 Å². The lowest BCUT2D eigenvalue weighted by molar-refractivity contribution is -0.121. The summed E-state index contributed by atoms with van der Waals surface area (Å²) in [6.45, 7) is 3.07. The highest BCUT2D eigenvalue weighted by atomic mass is 19.1. The third kappa shape index (κ3) is 4.53. The number of carbonyl (C=O) groups excluding carboxylic acids is 1. The van der Waals surface area contributed by atoms with Crippen LogP contribution in [0.15, 0.2) is 24.4 Å². The van der Waals surface area contributed by atoms with Crippen LogP contribution in [0.25, 0.3) is 0 Å². The van der Waals surface area contributed by atoms with Gasteiger partial charge in [-0.05, 0) is 69.7 Å². The molecule has 2 saturated heterocycles. The standard InChI is InChI=1S/C26H33FN6O2/c1-31(20-6-4-12-32-11-3-2-5-21(20)32)25-19(27)14-28-26(30-25)29-18-9-10-22-23(13-18)35-16-24(34)33(22)15-17-7-8-17/h9-10,13-14,17,20-21H,2-8,11-12,15-16H2,1H3,(H,28,29,30)/t20-,21+/m0/s1. The van der Waals surface area contributed by atoms with Gasteiger partial charge in [-0.2, -0.15) is 4.98 Å². The van der Waals surface area contributed by atoms with Gasteiger partial charge < -0.3 is 19.9 Å². The zero-order valence-electron chi connectivity index (χ0n) is 20.3. The maximum absolute atomic E-state index is 14.9. The Labute approximate surface area is 205 Å². The van der Waals surface area contributed by atoms with Crippen LogP contribution >= 0.6 is 0 Å². The van der Waals surface area contributed by atoms with Gasteiger partial charge in [0.25, 0.3) is 5.91 Å². The third-order valence-corrected chi connectivity index (χ3v) is 7.91. The van der Waals surface area contributed by atoms with Crippen molar-refractivity contribution in [1.29, 1.82) is 0 Å². The quantitative estimate of drug-likeness (QED) is 0.671. The van der Waals surface area contributed by atoms with E-state index in [1.165, 1.54) is 31.9 Å². The molecular weight excluding hydrogens is 447 g/mol. The van der Waals surface area contributed by atoms with Crippen LogP contribution in [0, 0.1) is 11.7 Å². The molecule has 3 fully saturated rings. The van der Waals surface area contributed by atoms with Crippen molar-refractivity contribution in [3.8, 4) is 5.75 Å². The summed E-state index contributed by atoms with van der Waals surface area (Å²) in [6.07, 6.45) is 9.40. The van der Waals surface area contributed by atoms with Gasteiger partial charge in [0, 0.05) is 37.4 Å². The number of nitrogens with one attached hydrogen (secondary N) is 1. The van der Waals surface area contributed by atoms with Crippen molar-refractivity contribution in [2.45, 2.75) is 57.0 Å². The fraction of sp³-hybridized carbons (Fsp3) is 0.577. The number of likely N-dealkylation sites (N-methyl/N-ethyl adjacent to an activating group) is 1. The van der Waals surface area contributed by atoms with Gasteiger partial charge in [0.15, 0.2) is 18.2 Å². The molecule has 3 aliphatic heterocycles. The molecule has 1 amide bonds. The van der Waals surface area contributed by atoms with Crippen LogP contribution in [0.4, 0.5) is 27.5 Å². The number of aromatic nitrogens is 2. The van der Waals surface area contributed by atoms with Gasteiger partial charge in [-0.15, -0.1) is 0 Å². The number of nitrogens with zero attached hydrogens (tertiary/aromatic N) is 5. The summed E-state index contributed by atoms with van der Waals surface area (Å²) in [6, 6.07) is 6.34. The van der Waals surface area contributed by atoms with Crippen molar-refractivity contribution < 1.29 is 13.9 Å². The van der Waals surface area contributed by atoms with E-state index in [0.717, 1.165) is 50.3 Å². The van der Waals surface area contributed by atoms with Gasteiger partial charge in [-0.25, -0.2) is 9.37 Å². The fourth-order valence-corrected chi connectivity index (χ4v) is 5.87. The number of rotatable bonds is 6. The van der Waals surface area contributed by atoms with Crippen molar-refractivity contribution in [3.63, 3.8) is 0 Å². The Bertz CT molecular complexity index is 1110. The summed E-state index contributed by atoms with van der Waals surface area (Å²) in [4.78, 5) is 27.5. The number of amides is 1. The first kappa shape index (κ1) is 22.5. The third-order valence-electron chi connectivity index (χ3n) is 7.91. The second kappa shape index (κ2) is 9.26. The highest BCUT2D eigenvalue weighted by Crippen LogP contribution is 2.39. The Hall–Kier alpha value is -2.94.